The molecule has 110 valence electrons. The minimum atomic E-state index is -0.147. The molecule has 0 aliphatic rings. The van der Waals surface area contributed by atoms with E-state index in [-0.39, 0.29) is 12.3 Å². The molecule has 0 aliphatic carbocycles. The van der Waals surface area contributed by atoms with Crippen LogP contribution in [0.3, 0.4) is 0 Å². The number of carbonyl (C=O) groups excluding carboxylic acids is 1. The van der Waals surface area contributed by atoms with E-state index in [1.807, 2.05) is 30.3 Å². The maximum Gasteiger partial charge on any atom is 0.258 e. The van der Waals surface area contributed by atoms with Crippen molar-refractivity contribution in [1.82, 2.24) is 20.4 Å². The van der Waals surface area contributed by atoms with Gasteiger partial charge in [-0.1, -0.05) is 35.5 Å². The Labute approximate surface area is 127 Å². The van der Waals surface area contributed by atoms with E-state index >= 15 is 0 Å². The Hall–Kier alpha value is -3.02. The zero-order valence-electron chi connectivity index (χ0n) is 11.8. The highest BCUT2D eigenvalue weighted by atomic mass is 16.5. The molecule has 22 heavy (non-hydrogen) atoms. The third-order valence-electron chi connectivity index (χ3n) is 3.05. The molecule has 1 amide bonds. The first kappa shape index (κ1) is 13.9. The first-order chi connectivity index (χ1) is 10.8. The number of pyridine rings is 1. The minimum Gasteiger partial charge on any atom is -0.352 e. The van der Waals surface area contributed by atoms with Crippen molar-refractivity contribution in [2.45, 2.75) is 13.0 Å². The summed E-state index contributed by atoms with van der Waals surface area (Å²) >= 11 is 0. The number of hydrogen-bond donors (Lipinski definition) is 1. The lowest BCUT2D eigenvalue weighted by Gasteiger charge is -2.03. The second-order valence-electron chi connectivity index (χ2n) is 4.69. The van der Waals surface area contributed by atoms with Crippen molar-refractivity contribution in [1.29, 1.82) is 0 Å². The lowest BCUT2D eigenvalue weighted by Crippen LogP contribution is -2.24. The van der Waals surface area contributed by atoms with E-state index in [0.717, 1.165) is 11.1 Å². The molecule has 2 heterocycles. The van der Waals surface area contributed by atoms with Crippen LogP contribution in [-0.2, 0) is 17.8 Å². The number of nitrogens with zero attached hydrogens (tertiary/aromatic N) is 3. The summed E-state index contributed by atoms with van der Waals surface area (Å²) in [6, 6.07) is 13.3. The van der Waals surface area contributed by atoms with Crippen molar-refractivity contribution >= 4 is 5.91 Å². The van der Waals surface area contributed by atoms with E-state index in [9.17, 15) is 4.79 Å². The molecule has 0 saturated carbocycles. The second kappa shape index (κ2) is 6.62. The first-order valence-electron chi connectivity index (χ1n) is 6.85. The highest BCUT2D eigenvalue weighted by Crippen LogP contribution is 2.15. The van der Waals surface area contributed by atoms with Crippen molar-refractivity contribution < 1.29 is 9.32 Å². The van der Waals surface area contributed by atoms with Crippen molar-refractivity contribution in [3.05, 3.63) is 66.2 Å². The van der Waals surface area contributed by atoms with Crippen molar-refractivity contribution in [2.24, 2.45) is 0 Å². The fourth-order valence-corrected chi connectivity index (χ4v) is 1.94. The van der Waals surface area contributed by atoms with Crippen LogP contribution >= 0.6 is 0 Å². The van der Waals surface area contributed by atoms with Gasteiger partial charge in [0.25, 0.3) is 5.89 Å². The minimum absolute atomic E-state index is 0.0847. The molecule has 3 aromatic rings. The molecule has 6 nitrogen and oxygen atoms in total. The molecule has 6 heteroatoms. The van der Waals surface area contributed by atoms with E-state index in [1.165, 1.54) is 0 Å². The number of nitrogens with one attached hydrogen (secondary N) is 1. The summed E-state index contributed by atoms with van der Waals surface area (Å²) in [5.74, 6) is 0.594. The van der Waals surface area contributed by atoms with Crippen LogP contribution in [0.1, 0.15) is 11.4 Å². The molecule has 0 spiro atoms. The van der Waals surface area contributed by atoms with Gasteiger partial charge in [-0.15, -0.1) is 0 Å². The van der Waals surface area contributed by atoms with Crippen LogP contribution in [0.5, 0.6) is 0 Å². The number of benzene rings is 1. The summed E-state index contributed by atoms with van der Waals surface area (Å²) in [5, 5.41) is 6.65. The molecule has 0 atom stereocenters. The van der Waals surface area contributed by atoms with Crippen molar-refractivity contribution in [3.8, 4) is 11.5 Å². The standard InChI is InChI=1S/C16H14N4O2/c21-15(18-11-12-4-2-1-3-5-12)10-14-19-16(22-20-14)13-6-8-17-9-7-13/h1-9H,10-11H2,(H,18,21). The Morgan fingerprint density at radius 2 is 1.86 bits per heavy atom. The molecule has 0 radical (unpaired) electrons. The van der Waals surface area contributed by atoms with Gasteiger partial charge in [0.15, 0.2) is 5.82 Å². The summed E-state index contributed by atoms with van der Waals surface area (Å²) in [4.78, 5) is 20.0. The predicted molar refractivity (Wildman–Crippen MR) is 79.5 cm³/mol. The molecule has 3 rings (SSSR count). The van der Waals surface area contributed by atoms with Gasteiger partial charge in [0.1, 0.15) is 0 Å². The quantitative estimate of drug-likeness (QED) is 0.778. The summed E-state index contributed by atoms with van der Waals surface area (Å²) in [6.07, 6.45) is 3.37. The van der Waals surface area contributed by atoms with E-state index in [4.69, 9.17) is 4.52 Å². The number of amides is 1. The summed E-state index contributed by atoms with van der Waals surface area (Å²) in [5.41, 5.74) is 1.82. The number of aromatic nitrogens is 3. The molecular weight excluding hydrogens is 280 g/mol. The SMILES string of the molecule is O=C(Cc1noc(-c2ccncc2)n1)NCc1ccccc1. The van der Waals surface area contributed by atoms with Crippen LogP contribution < -0.4 is 5.32 Å². The van der Waals surface area contributed by atoms with E-state index in [0.29, 0.717) is 18.3 Å². The predicted octanol–water partition coefficient (Wildman–Crippen LogP) is 1.99. The maximum absolute atomic E-state index is 11.9. The van der Waals surface area contributed by atoms with Gasteiger partial charge in [-0.25, -0.2) is 0 Å². The molecule has 0 bridgehead atoms. The number of carbonyl (C=O) groups is 1. The Morgan fingerprint density at radius 1 is 1.09 bits per heavy atom. The van der Waals surface area contributed by atoms with Gasteiger partial charge in [-0.05, 0) is 17.7 Å². The van der Waals surface area contributed by atoms with Gasteiger partial charge >= 0.3 is 0 Å². The average molecular weight is 294 g/mol. The molecule has 1 aromatic carbocycles. The highest BCUT2D eigenvalue weighted by molar-refractivity contribution is 5.77. The molecule has 2 aromatic heterocycles. The third kappa shape index (κ3) is 3.54. The first-order valence-corrected chi connectivity index (χ1v) is 6.85. The molecule has 1 N–H and O–H groups in total. The zero-order chi connectivity index (χ0) is 15.2. The van der Waals surface area contributed by atoms with Crippen LogP contribution in [0.15, 0.2) is 59.4 Å². The van der Waals surface area contributed by atoms with E-state index in [1.54, 1.807) is 24.5 Å². The van der Waals surface area contributed by atoms with Crippen LogP contribution in [0.2, 0.25) is 0 Å². The van der Waals surface area contributed by atoms with E-state index < -0.39 is 0 Å². The smallest absolute Gasteiger partial charge is 0.258 e. The summed E-state index contributed by atoms with van der Waals surface area (Å²) in [6.45, 7) is 0.481. The zero-order valence-corrected chi connectivity index (χ0v) is 11.8. The second-order valence-corrected chi connectivity index (χ2v) is 4.69. The summed E-state index contributed by atoms with van der Waals surface area (Å²) in [7, 11) is 0. The van der Waals surface area contributed by atoms with Gasteiger partial charge in [-0.2, -0.15) is 4.98 Å². The van der Waals surface area contributed by atoms with Crippen LogP contribution in [0.25, 0.3) is 11.5 Å². The normalized spacial score (nSPS) is 10.4. The molecule has 0 unspecified atom stereocenters. The lowest BCUT2D eigenvalue weighted by atomic mass is 10.2. The average Bonchev–Trinajstić information content (AvgIpc) is 3.03. The van der Waals surface area contributed by atoms with Gasteiger partial charge in [-0.3, -0.25) is 9.78 Å². The number of hydrogen-bond acceptors (Lipinski definition) is 5. The van der Waals surface area contributed by atoms with Gasteiger partial charge in [0, 0.05) is 24.5 Å². The molecule has 0 aliphatic heterocycles. The molecular formula is C16H14N4O2. The Morgan fingerprint density at radius 3 is 2.64 bits per heavy atom. The number of rotatable bonds is 5. The third-order valence-corrected chi connectivity index (χ3v) is 3.05. The van der Waals surface area contributed by atoms with E-state index in [2.05, 4.69) is 20.4 Å². The highest BCUT2D eigenvalue weighted by Gasteiger charge is 2.12. The monoisotopic (exact) mass is 294 g/mol. The lowest BCUT2D eigenvalue weighted by molar-refractivity contribution is -0.120. The van der Waals surface area contributed by atoms with Crippen LogP contribution in [0.4, 0.5) is 0 Å². The fraction of sp³-hybridized carbons (Fsp3) is 0.125. The maximum atomic E-state index is 11.9. The summed E-state index contributed by atoms with van der Waals surface area (Å²) < 4.78 is 5.15. The Balaban J connectivity index is 1.57. The van der Waals surface area contributed by atoms with Crippen LogP contribution in [-0.4, -0.2) is 21.0 Å². The Kier molecular flexibility index (Phi) is 4.20. The topological polar surface area (TPSA) is 80.9 Å². The molecule has 0 saturated heterocycles. The van der Waals surface area contributed by atoms with Gasteiger partial charge < -0.3 is 9.84 Å². The largest absolute Gasteiger partial charge is 0.352 e. The van der Waals surface area contributed by atoms with Crippen molar-refractivity contribution in [3.63, 3.8) is 0 Å². The van der Waals surface area contributed by atoms with Gasteiger partial charge in [0.2, 0.25) is 5.91 Å². The van der Waals surface area contributed by atoms with Crippen LogP contribution in [0, 0.1) is 0 Å². The van der Waals surface area contributed by atoms with Gasteiger partial charge in [0.05, 0.1) is 6.42 Å². The fourth-order valence-electron chi connectivity index (χ4n) is 1.94. The molecule has 0 fully saturated rings. The van der Waals surface area contributed by atoms with Crippen molar-refractivity contribution in [2.75, 3.05) is 0 Å². The Bertz CT molecular complexity index is 741.